The number of carbonyl (C=O) groups is 4. The molecule has 3 aliphatic heterocycles. The van der Waals surface area contributed by atoms with Crippen molar-refractivity contribution in [1.29, 1.82) is 0 Å². The number of Topliss-reactive ketones (excluding diaryl/α,β-unsaturated/α-hetero) is 1. The molecule has 9 atom stereocenters. The second kappa shape index (κ2) is 20.0. The zero-order valence-corrected chi connectivity index (χ0v) is 42.7. The molecule has 0 radical (unpaired) electrons. The minimum absolute atomic E-state index is 0.0215. The van der Waals surface area contributed by atoms with Crippen LogP contribution in [-0.2, 0) is 28.5 Å². The number of aromatic nitrogens is 1. The number of aryl methyl sites for hydroxylation is 1. The van der Waals surface area contributed by atoms with Crippen molar-refractivity contribution in [2.24, 2.45) is 23.7 Å². The monoisotopic (exact) mass is 982 g/mol. The number of allylic oxidation sites excluding steroid dienone is 2. The van der Waals surface area contributed by atoms with E-state index in [1.54, 1.807) is 50.8 Å². The summed E-state index contributed by atoms with van der Waals surface area (Å²) in [5, 5.41) is 37.7. The molecule has 4 N–H and O–H groups in total. The van der Waals surface area contributed by atoms with Gasteiger partial charge in [0.1, 0.15) is 34.2 Å². The van der Waals surface area contributed by atoms with Gasteiger partial charge in [-0.3, -0.25) is 19.2 Å². The molecule has 2 amide bonds. The Hall–Kier alpha value is -6.50. The van der Waals surface area contributed by atoms with Gasteiger partial charge in [0.2, 0.25) is 0 Å². The maximum atomic E-state index is 14.9. The van der Waals surface area contributed by atoms with Gasteiger partial charge in [-0.25, -0.2) is 9.78 Å². The van der Waals surface area contributed by atoms with E-state index in [0.717, 1.165) is 5.69 Å². The number of aliphatic hydroxyl groups excluding tert-OH is 2. The summed E-state index contributed by atoms with van der Waals surface area (Å²) in [6.07, 6.45) is 3.14. The van der Waals surface area contributed by atoms with Crippen LogP contribution in [0.4, 0.5) is 16.2 Å². The van der Waals surface area contributed by atoms with Gasteiger partial charge >= 0.3 is 17.8 Å². The second-order valence-electron chi connectivity index (χ2n) is 20.3. The Morgan fingerprint density at radius 3 is 2.23 bits per heavy atom. The summed E-state index contributed by atoms with van der Waals surface area (Å²) in [5.74, 6) is -7.41. The Balaban J connectivity index is 1.41. The first-order chi connectivity index (χ1) is 33.3. The van der Waals surface area contributed by atoms with E-state index in [4.69, 9.17) is 33.1 Å². The van der Waals surface area contributed by atoms with E-state index in [1.807, 2.05) is 33.8 Å². The van der Waals surface area contributed by atoms with Crippen LogP contribution in [0.1, 0.15) is 90.7 Å². The van der Waals surface area contributed by atoms with Crippen molar-refractivity contribution in [3.63, 3.8) is 0 Å². The number of carbonyl (C=O) groups excluding carboxylic acids is 4. The summed E-state index contributed by atoms with van der Waals surface area (Å²) in [6, 6.07) is 3.68. The van der Waals surface area contributed by atoms with Crippen LogP contribution in [0, 0.1) is 37.5 Å². The molecule has 3 aliphatic rings. The topological polar surface area (TPSA) is 237 Å². The normalized spacial score (nSPS) is 28.6. The molecule has 382 valence electrons. The third kappa shape index (κ3) is 10.1. The molecule has 4 aromatic rings. The van der Waals surface area contributed by atoms with E-state index in [9.17, 15) is 39.3 Å². The van der Waals surface area contributed by atoms with Crippen LogP contribution in [0.2, 0.25) is 0 Å². The molecule has 0 unspecified atom stereocenters. The number of methoxy groups -OCH3 is 1. The van der Waals surface area contributed by atoms with Crippen LogP contribution < -0.4 is 20.4 Å². The van der Waals surface area contributed by atoms with E-state index in [1.165, 1.54) is 53.2 Å². The molecule has 1 aromatic heterocycles. The maximum Gasteiger partial charge on any atom is 0.410 e. The third-order valence-corrected chi connectivity index (χ3v) is 13.9. The summed E-state index contributed by atoms with van der Waals surface area (Å²) < 4.78 is 36.3. The Labute approximate surface area is 412 Å². The molecular formula is C53H66N4O14. The second-order valence-corrected chi connectivity index (χ2v) is 20.3. The van der Waals surface area contributed by atoms with Crippen LogP contribution in [0.3, 0.4) is 0 Å². The standard InChI is InChI=1S/C53H66N4O14/c1-25-15-14-16-26(2)50(64)55-41-45(62)37-36(40-48(41)69-35-24-33(23-27(3)39(35)54-40)56-18-20-57(21-19-56)51(65)71-52(9,10)11)38-47(31(7)44(37)61)70-53(12,49(38)63)67-22-17-34(66-13)28(4)46(68-32(8)58)30(6)43(60)29(5)42(25)59/h14-17,22-25,28-30,34,42-43,46,59-60,62H,18-21H2,1-13H3,(H,55,64)/b15-14+,22-17+,26-16-/t25-,28+,29+,30+,34-,42-,43+,46+,53-/m0/s1. The molecule has 71 heavy (non-hydrogen) atoms. The predicted molar refractivity (Wildman–Crippen MR) is 267 cm³/mol. The highest BCUT2D eigenvalue weighted by Gasteiger charge is 2.50. The molecular weight excluding hydrogens is 917 g/mol. The molecule has 4 heterocycles. The first-order valence-electron chi connectivity index (χ1n) is 23.9. The number of benzene rings is 3. The van der Waals surface area contributed by atoms with Gasteiger partial charge in [0.25, 0.3) is 11.7 Å². The minimum atomic E-state index is -2.07. The molecule has 0 spiro atoms. The van der Waals surface area contributed by atoms with E-state index >= 15 is 0 Å². The number of nitrogens with zero attached hydrogens (tertiary/aromatic N) is 3. The van der Waals surface area contributed by atoms with E-state index in [2.05, 4.69) is 10.2 Å². The lowest BCUT2D eigenvalue weighted by Crippen LogP contribution is -2.50. The smallest absolute Gasteiger partial charge is 0.410 e. The number of ketones is 1. The number of aromatic hydroxyl groups is 1. The summed E-state index contributed by atoms with van der Waals surface area (Å²) in [7, 11) is 1.44. The molecule has 18 nitrogen and oxygen atoms in total. The van der Waals surface area contributed by atoms with Crippen LogP contribution in [0.5, 0.6) is 11.5 Å². The number of fused-ring (bicyclic) bond motifs is 2. The largest absolute Gasteiger partial charge is 0.505 e. The number of hydrogen-bond donors (Lipinski definition) is 4. The number of anilines is 2. The van der Waals surface area contributed by atoms with Crippen molar-refractivity contribution in [2.45, 2.75) is 119 Å². The molecule has 3 aromatic carbocycles. The zero-order valence-electron chi connectivity index (χ0n) is 42.7. The summed E-state index contributed by atoms with van der Waals surface area (Å²) in [6.45, 7) is 21.6. The first kappa shape index (κ1) is 52.3. The summed E-state index contributed by atoms with van der Waals surface area (Å²) in [5.41, 5.74) is 0.267. The molecule has 18 heteroatoms. The predicted octanol–water partition coefficient (Wildman–Crippen LogP) is 7.36. The molecule has 0 aliphatic carbocycles. The fourth-order valence-corrected chi connectivity index (χ4v) is 9.72. The van der Waals surface area contributed by atoms with Gasteiger partial charge in [0.05, 0.1) is 35.5 Å². The molecule has 1 fully saturated rings. The first-order valence-corrected chi connectivity index (χ1v) is 23.9. The van der Waals surface area contributed by atoms with E-state index < -0.39 is 94.4 Å². The zero-order chi connectivity index (χ0) is 52.2. The van der Waals surface area contributed by atoms with Crippen molar-refractivity contribution in [3.05, 3.63) is 75.2 Å². The Morgan fingerprint density at radius 1 is 0.915 bits per heavy atom. The lowest BCUT2D eigenvalue weighted by Gasteiger charge is -2.38. The number of phenolic OH excluding ortho intramolecular Hbond substituents is 1. The van der Waals surface area contributed by atoms with Crippen LogP contribution in [0.25, 0.3) is 33.0 Å². The summed E-state index contributed by atoms with van der Waals surface area (Å²) >= 11 is 0. The molecule has 7 rings (SSSR count). The van der Waals surface area contributed by atoms with Crippen molar-refractivity contribution < 1.29 is 62.6 Å². The van der Waals surface area contributed by atoms with Gasteiger partial charge in [0.15, 0.2) is 22.3 Å². The van der Waals surface area contributed by atoms with Crippen LogP contribution in [0.15, 0.2) is 57.5 Å². The maximum absolute atomic E-state index is 14.9. The average Bonchev–Trinajstić information content (AvgIpc) is 3.58. The molecule has 1 saturated heterocycles. The number of nitrogens with one attached hydrogen (secondary N) is 1. The highest BCUT2D eigenvalue weighted by atomic mass is 16.7. The number of piperazine rings is 1. The van der Waals surface area contributed by atoms with Gasteiger partial charge in [-0.1, -0.05) is 45.9 Å². The van der Waals surface area contributed by atoms with Gasteiger partial charge in [-0.2, -0.15) is 0 Å². The number of ether oxygens (including phenoxy) is 5. The van der Waals surface area contributed by atoms with Crippen LogP contribution >= 0.6 is 0 Å². The van der Waals surface area contributed by atoms with E-state index in [0.29, 0.717) is 37.3 Å². The Kier molecular flexibility index (Phi) is 14.7. The number of amides is 2. The van der Waals surface area contributed by atoms with E-state index in [-0.39, 0.29) is 55.6 Å². The van der Waals surface area contributed by atoms with Gasteiger partial charge in [-0.15, -0.1) is 0 Å². The van der Waals surface area contributed by atoms with Crippen LogP contribution in [-0.4, -0.2) is 118 Å². The lowest BCUT2D eigenvalue weighted by molar-refractivity contribution is -0.160. The van der Waals surface area contributed by atoms with Gasteiger partial charge in [-0.05, 0) is 59.2 Å². The fraction of sp³-hybridized carbons (Fsp3) is 0.509. The SMILES string of the molecule is CO[C@H]1/C=C/O[C@@]2(C)Oc3c(C)c(=O)c4c(O)c(c5oc6cc(N7CCN(C(=O)OC(C)(C)C)CC7)cc(C)c6nc5c4c3C2=O)NC(=O)/C(C)=C\C=C\[C@H](C)[C@H](O)[C@@H](C)[C@@H](O)[C@@H](C)[C@H](OC(C)=O)[C@@H]1C. The van der Waals surface area contributed by atoms with Crippen molar-refractivity contribution in [3.8, 4) is 11.5 Å². The average molecular weight is 983 g/mol. The highest BCUT2D eigenvalue weighted by Crippen LogP contribution is 2.49. The van der Waals surface area contributed by atoms with Gasteiger partial charge < -0.3 is 58.5 Å². The number of rotatable bonds is 3. The van der Waals surface area contributed by atoms with Crippen molar-refractivity contribution in [1.82, 2.24) is 9.88 Å². The number of hydrogen-bond acceptors (Lipinski definition) is 16. The fourth-order valence-electron chi connectivity index (χ4n) is 9.72. The number of aliphatic hydroxyl groups is 2. The van der Waals surface area contributed by atoms with Gasteiger partial charge in [0, 0.05) is 99.1 Å². The molecule has 4 bridgehead atoms. The number of phenols is 1. The Bertz CT molecular complexity index is 2940. The summed E-state index contributed by atoms with van der Waals surface area (Å²) in [4.78, 5) is 77.7. The minimum Gasteiger partial charge on any atom is -0.505 e. The quantitative estimate of drug-likeness (QED) is 0.0679. The van der Waals surface area contributed by atoms with Crippen molar-refractivity contribution >= 4 is 68.1 Å². The Morgan fingerprint density at radius 2 is 1.59 bits per heavy atom. The van der Waals surface area contributed by atoms with Crippen molar-refractivity contribution in [2.75, 3.05) is 43.5 Å². The molecule has 0 saturated carbocycles. The number of esters is 1. The third-order valence-electron chi connectivity index (χ3n) is 13.9. The lowest BCUT2D eigenvalue weighted by atomic mass is 9.78. The highest BCUT2D eigenvalue weighted by molar-refractivity contribution is 6.26.